The van der Waals surface area contributed by atoms with E-state index in [9.17, 15) is 9.59 Å². The first-order valence-electron chi connectivity index (χ1n) is 9.18. The van der Waals surface area contributed by atoms with Crippen LogP contribution in [-0.4, -0.2) is 22.6 Å². The average Bonchev–Trinajstić information content (AvgIpc) is 3.14. The van der Waals surface area contributed by atoms with Crippen molar-refractivity contribution in [3.8, 4) is 11.3 Å². The van der Waals surface area contributed by atoms with Crippen LogP contribution in [0.1, 0.15) is 37.0 Å². The van der Waals surface area contributed by atoms with Gasteiger partial charge in [0.05, 0.1) is 12.7 Å². The second kappa shape index (κ2) is 8.60. The number of anilines is 1. The maximum absolute atomic E-state index is 12.4. The number of oxazole rings is 1. The van der Waals surface area contributed by atoms with Crippen LogP contribution in [0, 0.1) is 0 Å². The molecule has 150 valence electrons. The van der Waals surface area contributed by atoms with E-state index in [0.29, 0.717) is 22.9 Å². The van der Waals surface area contributed by atoms with Crippen LogP contribution in [-0.2, 0) is 11.3 Å². The van der Waals surface area contributed by atoms with E-state index in [-0.39, 0.29) is 12.5 Å². The third-order valence-corrected chi connectivity index (χ3v) is 3.78. The predicted octanol–water partition coefficient (Wildman–Crippen LogP) is 4.62. The molecule has 2 N–H and O–H groups in total. The number of amides is 2. The van der Waals surface area contributed by atoms with E-state index >= 15 is 0 Å². The molecule has 0 aliphatic rings. The zero-order chi connectivity index (χ0) is 20.9. The standard InChI is InChI=1S/C22H23N3O4/c1-22(2,3)29-21(27)25-17-11-7-10-16(12-17)20(26)24-14-19-23-13-18(28-19)15-8-5-4-6-9-15/h4-13H,14H2,1-3H3,(H,24,26)(H,25,27). The number of nitrogens with one attached hydrogen (secondary N) is 2. The summed E-state index contributed by atoms with van der Waals surface area (Å²) in [5, 5.41) is 5.38. The number of benzene rings is 2. The lowest BCUT2D eigenvalue weighted by Gasteiger charge is -2.19. The fraction of sp³-hybridized carbons (Fsp3) is 0.227. The van der Waals surface area contributed by atoms with Crippen LogP contribution in [0.5, 0.6) is 0 Å². The Kier molecular flexibility index (Phi) is 5.97. The summed E-state index contributed by atoms with van der Waals surface area (Å²) < 4.78 is 10.9. The van der Waals surface area contributed by atoms with Gasteiger partial charge in [0.2, 0.25) is 5.89 Å². The number of carbonyl (C=O) groups excluding carboxylic acids is 2. The topological polar surface area (TPSA) is 93.5 Å². The summed E-state index contributed by atoms with van der Waals surface area (Å²) in [5.41, 5.74) is 1.18. The maximum Gasteiger partial charge on any atom is 0.412 e. The Morgan fingerprint density at radius 2 is 1.83 bits per heavy atom. The van der Waals surface area contributed by atoms with Gasteiger partial charge in [-0.2, -0.15) is 0 Å². The van der Waals surface area contributed by atoms with Crippen molar-refractivity contribution in [2.45, 2.75) is 32.9 Å². The van der Waals surface area contributed by atoms with Crippen LogP contribution < -0.4 is 10.6 Å². The van der Waals surface area contributed by atoms with Gasteiger partial charge in [-0.05, 0) is 39.0 Å². The van der Waals surface area contributed by atoms with E-state index in [0.717, 1.165) is 5.56 Å². The Labute approximate surface area is 169 Å². The Bertz CT molecular complexity index is 991. The minimum absolute atomic E-state index is 0.148. The van der Waals surface area contributed by atoms with E-state index in [1.54, 1.807) is 51.2 Å². The van der Waals surface area contributed by atoms with Crippen LogP contribution in [0.25, 0.3) is 11.3 Å². The molecule has 1 aromatic heterocycles. The normalized spacial score (nSPS) is 11.0. The highest BCUT2D eigenvalue weighted by molar-refractivity contribution is 5.96. The summed E-state index contributed by atoms with van der Waals surface area (Å²) in [6.07, 6.45) is 1.05. The molecule has 29 heavy (non-hydrogen) atoms. The fourth-order valence-electron chi connectivity index (χ4n) is 2.55. The Hall–Kier alpha value is -3.61. The molecule has 1 heterocycles. The molecule has 2 amide bonds. The smallest absolute Gasteiger partial charge is 0.412 e. The molecule has 0 bridgehead atoms. The second-order valence-electron chi connectivity index (χ2n) is 7.37. The Balaban J connectivity index is 1.59. The fourth-order valence-corrected chi connectivity index (χ4v) is 2.55. The first-order chi connectivity index (χ1) is 13.8. The van der Waals surface area contributed by atoms with Crippen molar-refractivity contribution in [2.24, 2.45) is 0 Å². The van der Waals surface area contributed by atoms with E-state index < -0.39 is 11.7 Å². The number of hydrogen-bond donors (Lipinski definition) is 2. The zero-order valence-electron chi connectivity index (χ0n) is 16.6. The molecular formula is C22H23N3O4. The number of nitrogens with zero attached hydrogens (tertiary/aromatic N) is 1. The van der Waals surface area contributed by atoms with Crippen LogP contribution in [0.2, 0.25) is 0 Å². The molecule has 7 nitrogen and oxygen atoms in total. The van der Waals surface area contributed by atoms with Crippen LogP contribution >= 0.6 is 0 Å². The summed E-state index contributed by atoms with van der Waals surface area (Å²) in [6, 6.07) is 16.2. The van der Waals surface area contributed by atoms with Gasteiger partial charge in [-0.15, -0.1) is 0 Å². The van der Waals surface area contributed by atoms with Gasteiger partial charge in [0.25, 0.3) is 5.91 Å². The second-order valence-corrected chi connectivity index (χ2v) is 7.37. The van der Waals surface area contributed by atoms with Crippen molar-refractivity contribution < 1.29 is 18.7 Å². The Morgan fingerprint density at radius 1 is 1.07 bits per heavy atom. The van der Waals surface area contributed by atoms with Crippen LogP contribution in [0.15, 0.2) is 65.2 Å². The van der Waals surface area contributed by atoms with Gasteiger partial charge < -0.3 is 14.5 Å². The number of hydrogen-bond acceptors (Lipinski definition) is 5. The Morgan fingerprint density at radius 3 is 2.55 bits per heavy atom. The van der Waals surface area contributed by atoms with Gasteiger partial charge >= 0.3 is 6.09 Å². The summed E-state index contributed by atoms with van der Waals surface area (Å²) >= 11 is 0. The van der Waals surface area contributed by atoms with Gasteiger partial charge in [0, 0.05) is 16.8 Å². The molecule has 3 rings (SSSR count). The summed E-state index contributed by atoms with van der Waals surface area (Å²) in [4.78, 5) is 28.5. The summed E-state index contributed by atoms with van der Waals surface area (Å²) in [7, 11) is 0. The molecule has 0 saturated heterocycles. The molecule has 7 heteroatoms. The molecular weight excluding hydrogens is 370 g/mol. The van der Waals surface area contributed by atoms with E-state index in [4.69, 9.17) is 9.15 Å². The molecule has 0 spiro atoms. The van der Waals surface area contributed by atoms with E-state index in [1.807, 2.05) is 30.3 Å². The highest BCUT2D eigenvalue weighted by Gasteiger charge is 2.17. The van der Waals surface area contributed by atoms with Gasteiger partial charge in [-0.1, -0.05) is 36.4 Å². The SMILES string of the molecule is CC(C)(C)OC(=O)Nc1cccc(C(=O)NCc2ncc(-c3ccccc3)o2)c1. The van der Waals surface area contributed by atoms with Crippen molar-refractivity contribution in [3.63, 3.8) is 0 Å². The molecule has 2 aromatic carbocycles. The third-order valence-electron chi connectivity index (χ3n) is 3.78. The zero-order valence-corrected chi connectivity index (χ0v) is 16.6. The first-order valence-corrected chi connectivity index (χ1v) is 9.18. The lowest BCUT2D eigenvalue weighted by Crippen LogP contribution is -2.27. The summed E-state index contributed by atoms with van der Waals surface area (Å²) in [5.74, 6) is 0.732. The van der Waals surface area contributed by atoms with E-state index in [1.165, 1.54) is 0 Å². The predicted molar refractivity (Wildman–Crippen MR) is 109 cm³/mol. The number of rotatable bonds is 5. The van der Waals surface area contributed by atoms with Crippen molar-refractivity contribution in [3.05, 3.63) is 72.2 Å². The number of ether oxygens (including phenoxy) is 1. The van der Waals surface area contributed by atoms with Crippen molar-refractivity contribution in [1.29, 1.82) is 0 Å². The third kappa shape index (κ3) is 5.93. The minimum Gasteiger partial charge on any atom is -0.444 e. The van der Waals surface area contributed by atoms with Crippen LogP contribution in [0.3, 0.4) is 0 Å². The molecule has 0 radical (unpaired) electrons. The quantitative estimate of drug-likeness (QED) is 0.660. The van der Waals surface area contributed by atoms with Crippen LogP contribution in [0.4, 0.5) is 10.5 Å². The minimum atomic E-state index is -0.603. The molecule has 3 aromatic rings. The highest BCUT2D eigenvalue weighted by atomic mass is 16.6. The largest absolute Gasteiger partial charge is 0.444 e. The molecule has 0 unspecified atom stereocenters. The molecule has 0 aliphatic heterocycles. The molecule has 0 saturated carbocycles. The lowest BCUT2D eigenvalue weighted by molar-refractivity contribution is 0.0635. The maximum atomic E-state index is 12.4. The van der Waals surface area contributed by atoms with E-state index in [2.05, 4.69) is 15.6 Å². The lowest BCUT2D eigenvalue weighted by atomic mass is 10.2. The molecule has 0 fully saturated rings. The first kappa shape index (κ1) is 20.1. The van der Waals surface area contributed by atoms with Gasteiger partial charge in [0.1, 0.15) is 5.60 Å². The van der Waals surface area contributed by atoms with Gasteiger partial charge in [-0.3, -0.25) is 10.1 Å². The van der Waals surface area contributed by atoms with Gasteiger partial charge in [0.15, 0.2) is 5.76 Å². The van der Waals surface area contributed by atoms with Crippen molar-refractivity contribution in [1.82, 2.24) is 10.3 Å². The highest BCUT2D eigenvalue weighted by Crippen LogP contribution is 2.20. The summed E-state index contributed by atoms with van der Waals surface area (Å²) in [6.45, 7) is 5.49. The van der Waals surface area contributed by atoms with Crippen molar-refractivity contribution >= 4 is 17.7 Å². The average molecular weight is 393 g/mol. The number of aromatic nitrogens is 1. The monoisotopic (exact) mass is 393 g/mol. The van der Waals surface area contributed by atoms with Gasteiger partial charge in [-0.25, -0.2) is 9.78 Å². The number of carbonyl (C=O) groups is 2. The molecule has 0 aliphatic carbocycles. The van der Waals surface area contributed by atoms with Crippen molar-refractivity contribution in [2.75, 3.05) is 5.32 Å². The molecule has 0 atom stereocenters.